The second-order valence-electron chi connectivity index (χ2n) is 16.6. The van der Waals surface area contributed by atoms with E-state index in [1.807, 2.05) is 30.0 Å². The molecule has 2 fully saturated rings. The minimum absolute atomic E-state index is 0.125. The number of aryl methyl sites for hydroxylation is 1. The number of carbonyl (C=O) groups excluding carboxylic acids is 2. The van der Waals surface area contributed by atoms with Crippen molar-refractivity contribution in [2.75, 3.05) is 71.0 Å². The van der Waals surface area contributed by atoms with Crippen molar-refractivity contribution in [3.05, 3.63) is 58.1 Å². The molecule has 12 heteroatoms. The first-order chi connectivity index (χ1) is 25.5. The Morgan fingerprint density at radius 3 is 2.66 bits per heavy atom. The van der Waals surface area contributed by atoms with Crippen LogP contribution in [0, 0.1) is 23.7 Å². The summed E-state index contributed by atoms with van der Waals surface area (Å²) in [5.74, 6) is 1.47. The summed E-state index contributed by atoms with van der Waals surface area (Å²) in [5.41, 5.74) is 3.46. The minimum atomic E-state index is -3.92. The molecule has 3 heterocycles. The second kappa shape index (κ2) is 16.1. The molecular formula is C41H57ClN4O6S. The van der Waals surface area contributed by atoms with Gasteiger partial charge in [0.2, 0.25) is 15.9 Å². The van der Waals surface area contributed by atoms with Crippen LogP contribution in [0.25, 0.3) is 0 Å². The topological polar surface area (TPSA) is 108 Å². The first-order valence-corrected chi connectivity index (χ1v) is 21.7. The van der Waals surface area contributed by atoms with E-state index in [-0.39, 0.29) is 17.2 Å². The molecule has 6 atom stereocenters. The van der Waals surface area contributed by atoms with E-state index in [4.69, 9.17) is 21.1 Å². The summed E-state index contributed by atoms with van der Waals surface area (Å²) in [4.78, 5) is 33.7. The number of carbonyl (C=O) groups is 2. The van der Waals surface area contributed by atoms with E-state index in [1.54, 1.807) is 20.1 Å². The first-order valence-electron chi connectivity index (χ1n) is 19.8. The van der Waals surface area contributed by atoms with Gasteiger partial charge >= 0.3 is 0 Å². The highest BCUT2D eigenvalue weighted by atomic mass is 35.5. The Morgan fingerprint density at radius 2 is 1.87 bits per heavy atom. The summed E-state index contributed by atoms with van der Waals surface area (Å²) < 4.78 is 41.5. The third-order valence-electron chi connectivity index (χ3n) is 13.3. The zero-order valence-electron chi connectivity index (χ0n) is 31.7. The van der Waals surface area contributed by atoms with E-state index >= 15 is 0 Å². The Bertz CT molecular complexity index is 1770. The fraction of sp³-hybridized carbons (Fsp3) is 0.659. The lowest BCUT2D eigenvalue weighted by Crippen LogP contribution is -2.50. The molecular weight excluding hydrogens is 712 g/mol. The first kappa shape index (κ1) is 38.4. The summed E-state index contributed by atoms with van der Waals surface area (Å²) in [6.07, 6.45) is 8.84. The lowest BCUT2D eigenvalue weighted by atomic mass is 9.65. The number of ether oxygens (including phenoxy) is 2. The molecule has 0 aromatic heterocycles. The molecule has 7 rings (SSSR count). The molecule has 0 radical (unpaired) electrons. The summed E-state index contributed by atoms with van der Waals surface area (Å²) in [5, 5.41) is 0.0195. The van der Waals surface area contributed by atoms with Gasteiger partial charge in [-0.25, -0.2) is 13.1 Å². The number of rotatable bonds is 5. The molecule has 1 N–H and O–H groups in total. The van der Waals surface area contributed by atoms with Crippen LogP contribution in [0.3, 0.4) is 0 Å². The highest BCUT2D eigenvalue weighted by Crippen LogP contribution is 2.48. The van der Waals surface area contributed by atoms with E-state index in [1.165, 1.54) is 11.1 Å². The van der Waals surface area contributed by atoms with Crippen molar-refractivity contribution in [1.29, 1.82) is 0 Å². The van der Waals surface area contributed by atoms with Crippen LogP contribution in [-0.2, 0) is 31.4 Å². The quantitative estimate of drug-likeness (QED) is 0.401. The number of nitrogens with one attached hydrogen (secondary N) is 1. The highest BCUT2D eigenvalue weighted by Gasteiger charge is 2.45. The lowest BCUT2D eigenvalue weighted by molar-refractivity contribution is -0.132. The molecule has 1 saturated carbocycles. The third-order valence-corrected chi connectivity index (χ3v) is 15.4. The smallest absolute Gasteiger partial charge is 0.264 e. The largest absolute Gasteiger partial charge is 0.490 e. The van der Waals surface area contributed by atoms with Gasteiger partial charge in [0.25, 0.3) is 5.91 Å². The molecule has 2 aliphatic carbocycles. The average Bonchev–Trinajstić information content (AvgIpc) is 3.38. The summed E-state index contributed by atoms with van der Waals surface area (Å²) >= 11 is 6.49. The van der Waals surface area contributed by atoms with E-state index in [2.05, 4.69) is 26.7 Å². The fourth-order valence-electron chi connectivity index (χ4n) is 9.85. The number of nitrogens with zero attached hydrogens (tertiary/aromatic N) is 3. The van der Waals surface area contributed by atoms with Gasteiger partial charge in [0.1, 0.15) is 5.75 Å². The number of halogens is 1. The predicted octanol–water partition coefficient (Wildman–Crippen LogP) is 5.90. The average molecular weight is 769 g/mol. The monoisotopic (exact) mass is 768 g/mol. The number of amides is 2. The normalized spacial score (nSPS) is 31.0. The van der Waals surface area contributed by atoms with Crippen LogP contribution in [0.4, 0.5) is 5.69 Å². The number of benzene rings is 2. The molecule has 5 aliphatic rings. The molecule has 10 nitrogen and oxygen atoms in total. The molecule has 1 unspecified atom stereocenters. The number of anilines is 1. The van der Waals surface area contributed by atoms with Crippen LogP contribution in [0.5, 0.6) is 5.75 Å². The Balaban J connectivity index is 1.22. The SMILES string of the molecule is COCCN1CCCN(CC2CCC[C@H](C)[C@@H](C)S(=O)(=O)NC(=O)c3ccc4c(c3)N(C[C@@H]3CC[C@@H]23)C[C@@]2(CCCc3cc(Cl)ccc32)CO4)CC1=O. The van der Waals surface area contributed by atoms with E-state index in [9.17, 15) is 18.0 Å². The van der Waals surface area contributed by atoms with Crippen LogP contribution in [0.1, 0.15) is 86.7 Å². The Kier molecular flexibility index (Phi) is 11.7. The van der Waals surface area contributed by atoms with Gasteiger partial charge in [0.15, 0.2) is 0 Å². The molecule has 2 bridgehead atoms. The summed E-state index contributed by atoms with van der Waals surface area (Å²) in [6.45, 7) is 9.86. The van der Waals surface area contributed by atoms with Gasteiger partial charge in [0.05, 0.1) is 30.7 Å². The standard InChI is InChI=1S/C41H57ClN4O6S/c1-28-7-4-8-32(23-44-17-6-18-45(19-20-51-3)39(47)25-44)35-13-10-33(35)24-46-26-41(16-5-9-30-21-34(42)12-14-36(30)41)27-52-38-15-11-31(22-37(38)46)40(48)43-53(49,50)29(28)2/h11-12,14-15,21-22,28-29,32-33,35H,4-10,13,16-20,23-27H2,1-3H3,(H,43,48)/t28-,29+,32?,33-,35-,41-/m0/s1. The van der Waals surface area contributed by atoms with Crippen molar-refractivity contribution >= 4 is 39.1 Å². The van der Waals surface area contributed by atoms with Crippen LogP contribution in [0.15, 0.2) is 36.4 Å². The highest BCUT2D eigenvalue weighted by molar-refractivity contribution is 7.90. The molecule has 3 aliphatic heterocycles. The van der Waals surface area contributed by atoms with Crippen LogP contribution < -0.4 is 14.4 Å². The lowest BCUT2D eigenvalue weighted by Gasteiger charge is -2.47. The number of sulfonamides is 1. The van der Waals surface area contributed by atoms with Gasteiger partial charge in [-0.1, -0.05) is 31.0 Å². The van der Waals surface area contributed by atoms with Gasteiger partial charge in [-0.3, -0.25) is 14.5 Å². The van der Waals surface area contributed by atoms with Crippen molar-refractivity contribution < 1.29 is 27.5 Å². The molecule has 2 aromatic rings. The maximum absolute atomic E-state index is 13.6. The van der Waals surface area contributed by atoms with Crippen LogP contribution >= 0.6 is 11.6 Å². The van der Waals surface area contributed by atoms with Crippen molar-refractivity contribution in [1.82, 2.24) is 14.5 Å². The number of hydrogen-bond acceptors (Lipinski definition) is 8. The maximum Gasteiger partial charge on any atom is 0.264 e. The van der Waals surface area contributed by atoms with Gasteiger partial charge in [-0.05, 0) is 123 Å². The zero-order chi connectivity index (χ0) is 37.3. The molecule has 1 spiro atoms. The van der Waals surface area contributed by atoms with Gasteiger partial charge in [-0.2, -0.15) is 0 Å². The van der Waals surface area contributed by atoms with E-state index in [0.29, 0.717) is 49.6 Å². The zero-order valence-corrected chi connectivity index (χ0v) is 33.2. The molecule has 290 valence electrons. The van der Waals surface area contributed by atoms with E-state index in [0.717, 1.165) is 107 Å². The van der Waals surface area contributed by atoms with E-state index < -0.39 is 21.2 Å². The number of methoxy groups -OCH3 is 1. The number of hydrogen-bond donors (Lipinski definition) is 1. The predicted molar refractivity (Wildman–Crippen MR) is 208 cm³/mol. The van der Waals surface area contributed by atoms with Crippen LogP contribution in [-0.4, -0.2) is 101 Å². The van der Waals surface area contributed by atoms with Gasteiger partial charge in [-0.15, -0.1) is 0 Å². The summed E-state index contributed by atoms with van der Waals surface area (Å²) in [7, 11) is -2.24. The molecule has 2 amide bonds. The minimum Gasteiger partial charge on any atom is -0.490 e. The van der Waals surface area contributed by atoms with Crippen molar-refractivity contribution in [3.8, 4) is 5.75 Å². The maximum atomic E-state index is 13.6. The third kappa shape index (κ3) is 8.24. The fourth-order valence-corrected chi connectivity index (χ4v) is 11.4. The number of fused-ring (bicyclic) bond motifs is 4. The Morgan fingerprint density at radius 1 is 1.02 bits per heavy atom. The van der Waals surface area contributed by atoms with Crippen LogP contribution in [0.2, 0.25) is 5.02 Å². The summed E-state index contributed by atoms with van der Waals surface area (Å²) in [6, 6.07) is 11.6. The molecule has 1 saturated heterocycles. The Hall–Kier alpha value is -2.86. The molecule has 2 aromatic carbocycles. The molecule has 53 heavy (non-hydrogen) atoms. The second-order valence-corrected chi connectivity index (χ2v) is 19.1. The Labute approximate surface area is 320 Å². The van der Waals surface area contributed by atoms with Crippen molar-refractivity contribution in [2.24, 2.45) is 23.7 Å². The van der Waals surface area contributed by atoms with Crippen molar-refractivity contribution in [3.63, 3.8) is 0 Å². The van der Waals surface area contributed by atoms with Crippen molar-refractivity contribution in [2.45, 2.75) is 82.3 Å². The van der Waals surface area contributed by atoms with Gasteiger partial charge in [0, 0.05) is 62.4 Å². The van der Waals surface area contributed by atoms with Gasteiger partial charge < -0.3 is 19.3 Å².